The van der Waals surface area contributed by atoms with Crippen molar-refractivity contribution in [3.63, 3.8) is 0 Å². The van der Waals surface area contributed by atoms with E-state index in [9.17, 15) is 0 Å². The molecule has 1 unspecified atom stereocenters. The number of hydrogen-bond acceptors (Lipinski definition) is 4. The predicted molar refractivity (Wildman–Crippen MR) is 77.1 cm³/mol. The maximum absolute atomic E-state index is 5.40. The van der Waals surface area contributed by atoms with Crippen molar-refractivity contribution in [2.75, 3.05) is 33.6 Å². The molecule has 0 spiro atoms. The topological polar surface area (TPSA) is 21.7 Å². The second kappa shape index (κ2) is 5.85. The number of rotatable bonds is 4. The highest BCUT2D eigenvalue weighted by Gasteiger charge is 2.25. The van der Waals surface area contributed by atoms with Gasteiger partial charge in [0.2, 0.25) is 0 Å². The molecule has 0 saturated carbocycles. The van der Waals surface area contributed by atoms with Gasteiger partial charge in [0.25, 0.3) is 0 Å². The first-order chi connectivity index (χ1) is 8.71. The lowest BCUT2D eigenvalue weighted by Gasteiger charge is -2.35. The van der Waals surface area contributed by atoms with Crippen LogP contribution in [0.5, 0.6) is 11.5 Å². The van der Waals surface area contributed by atoms with Crippen LogP contribution in [0.25, 0.3) is 0 Å². The molecule has 0 bridgehead atoms. The third kappa shape index (κ3) is 2.45. The van der Waals surface area contributed by atoms with E-state index in [-0.39, 0.29) is 0 Å². The number of ether oxygens (including phenoxy) is 2. The molecule has 1 aliphatic heterocycles. The molecular formula is C14H21NO2S. The molecule has 100 valence electrons. The monoisotopic (exact) mass is 267 g/mol. The van der Waals surface area contributed by atoms with Gasteiger partial charge in [0.1, 0.15) is 0 Å². The minimum Gasteiger partial charge on any atom is -0.493 e. The van der Waals surface area contributed by atoms with Crippen molar-refractivity contribution in [3.05, 3.63) is 23.3 Å². The molecule has 1 aromatic carbocycles. The molecule has 0 radical (unpaired) electrons. The minimum absolute atomic E-state index is 0.436. The van der Waals surface area contributed by atoms with Crippen LogP contribution < -0.4 is 9.47 Å². The van der Waals surface area contributed by atoms with E-state index in [0.29, 0.717) is 6.04 Å². The zero-order valence-electron chi connectivity index (χ0n) is 11.3. The summed E-state index contributed by atoms with van der Waals surface area (Å²) in [5.41, 5.74) is 2.73. The van der Waals surface area contributed by atoms with Crippen LogP contribution in [-0.2, 0) is 6.42 Å². The fraction of sp³-hybridized carbons (Fsp3) is 0.571. The Morgan fingerprint density at radius 2 is 1.94 bits per heavy atom. The lowest BCUT2D eigenvalue weighted by Crippen LogP contribution is -2.32. The molecule has 1 heterocycles. The van der Waals surface area contributed by atoms with Gasteiger partial charge in [0.05, 0.1) is 14.2 Å². The van der Waals surface area contributed by atoms with Crippen molar-refractivity contribution in [2.45, 2.75) is 18.9 Å². The molecule has 4 heteroatoms. The molecule has 18 heavy (non-hydrogen) atoms. The van der Waals surface area contributed by atoms with Gasteiger partial charge in [-0.05, 0) is 48.9 Å². The van der Waals surface area contributed by atoms with Crippen molar-refractivity contribution in [1.29, 1.82) is 0 Å². The SMILES string of the molecule is COc1cc2c(cc1OC)C(CCS)N(C)CC2. The molecule has 2 rings (SSSR count). The Labute approximate surface area is 114 Å². The molecule has 3 nitrogen and oxygen atoms in total. The molecule has 1 atom stereocenters. The average Bonchev–Trinajstić information content (AvgIpc) is 2.40. The lowest BCUT2D eigenvalue weighted by molar-refractivity contribution is 0.225. The van der Waals surface area contributed by atoms with Gasteiger partial charge in [-0.3, -0.25) is 4.90 Å². The quantitative estimate of drug-likeness (QED) is 0.847. The van der Waals surface area contributed by atoms with Gasteiger partial charge < -0.3 is 9.47 Å². The Bertz CT molecular complexity index is 423. The first kappa shape index (κ1) is 13.6. The Morgan fingerprint density at radius 1 is 1.28 bits per heavy atom. The number of fused-ring (bicyclic) bond motifs is 1. The van der Waals surface area contributed by atoms with Crippen molar-refractivity contribution in [3.8, 4) is 11.5 Å². The van der Waals surface area contributed by atoms with Crippen LogP contribution in [0.4, 0.5) is 0 Å². The summed E-state index contributed by atoms with van der Waals surface area (Å²) in [7, 11) is 5.54. The maximum Gasteiger partial charge on any atom is 0.161 e. The first-order valence-corrected chi connectivity index (χ1v) is 6.90. The molecule has 1 aromatic rings. The van der Waals surface area contributed by atoms with E-state index < -0.39 is 0 Å². The average molecular weight is 267 g/mol. The van der Waals surface area contributed by atoms with Crippen molar-refractivity contribution in [1.82, 2.24) is 4.90 Å². The third-order valence-corrected chi connectivity index (χ3v) is 3.93. The fourth-order valence-electron chi connectivity index (χ4n) is 2.65. The zero-order valence-corrected chi connectivity index (χ0v) is 12.2. The molecule has 0 saturated heterocycles. The van der Waals surface area contributed by atoms with E-state index in [1.807, 2.05) is 0 Å². The smallest absolute Gasteiger partial charge is 0.161 e. The number of nitrogens with zero attached hydrogens (tertiary/aromatic N) is 1. The summed E-state index contributed by atoms with van der Waals surface area (Å²) in [6.07, 6.45) is 2.12. The maximum atomic E-state index is 5.40. The Morgan fingerprint density at radius 3 is 2.56 bits per heavy atom. The van der Waals surface area contributed by atoms with E-state index >= 15 is 0 Å². The highest BCUT2D eigenvalue weighted by Crippen LogP contribution is 2.38. The summed E-state index contributed by atoms with van der Waals surface area (Å²) in [4.78, 5) is 2.39. The van der Waals surface area contributed by atoms with Gasteiger partial charge >= 0.3 is 0 Å². The Kier molecular flexibility index (Phi) is 4.40. The number of thiol groups is 1. The summed E-state index contributed by atoms with van der Waals surface area (Å²) in [6, 6.07) is 4.68. The molecule has 0 aromatic heterocycles. The molecule has 0 fully saturated rings. The molecule has 0 N–H and O–H groups in total. The summed E-state index contributed by atoms with van der Waals surface area (Å²) >= 11 is 4.37. The zero-order chi connectivity index (χ0) is 13.1. The van der Waals surface area contributed by atoms with Gasteiger partial charge in [-0.1, -0.05) is 0 Å². The predicted octanol–water partition coefficient (Wildman–Crippen LogP) is 2.55. The second-order valence-corrected chi connectivity index (χ2v) is 5.11. The standard InChI is InChI=1S/C14H21NO2S/c1-15-6-4-10-8-13(16-2)14(17-3)9-11(10)12(15)5-7-18/h8-9,12,18H,4-7H2,1-3H3. The van der Waals surface area contributed by atoms with Crippen LogP contribution in [0.3, 0.4) is 0 Å². The van der Waals surface area contributed by atoms with Crippen molar-refractivity contribution < 1.29 is 9.47 Å². The molecule has 0 aliphatic carbocycles. The fourth-order valence-corrected chi connectivity index (χ4v) is 2.90. The lowest BCUT2D eigenvalue weighted by atomic mass is 9.91. The van der Waals surface area contributed by atoms with Crippen LogP contribution >= 0.6 is 12.6 Å². The largest absolute Gasteiger partial charge is 0.493 e. The second-order valence-electron chi connectivity index (χ2n) is 4.66. The normalized spacial score (nSPS) is 19.4. The van der Waals surface area contributed by atoms with E-state index in [2.05, 4.69) is 36.7 Å². The van der Waals surface area contributed by atoms with Crippen LogP contribution in [0.2, 0.25) is 0 Å². The van der Waals surface area contributed by atoms with Gasteiger partial charge in [0, 0.05) is 12.6 Å². The van der Waals surface area contributed by atoms with Crippen LogP contribution in [0, 0.1) is 0 Å². The third-order valence-electron chi connectivity index (χ3n) is 3.67. The van der Waals surface area contributed by atoms with Crippen molar-refractivity contribution >= 4 is 12.6 Å². The summed E-state index contributed by atoms with van der Waals surface area (Å²) in [6.45, 7) is 1.08. The number of methoxy groups -OCH3 is 2. The number of likely N-dealkylation sites (N-methyl/N-ethyl adjacent to an activating group) is 1. The van der Waals surface area contributed by atoms with Crippen LogP contribution in [0.15, 0.2) is 12.1 Å². The summed E-state index contributed by atoms with van der Waals surface area (Å²) in [5, 5.41) is 0. The Hall–Kier alpha value is -0.870. The first-order valence-electron chi connectivity index (χ1n) is 6.27. The number of benzene rings is 1. The van der Waals surface area contributed by atoms with E-state index in [0.717, 1.165) is 36.6 Å². The van der Waals surface area contributed by atoms with Gasteiger partial charge in [-0.25, -0.2) is 0 Å². The molecule has 0 amide bonds. The highest BCUT2D eigenvalue weighted by atomic mass is 32.1. The van der Waals surface area contributed by atoms with E-state index in [4.69, 9.17) is 9.47 Å². The van der Waals surface area contributed by atoms with Crippen LogP contribution in [-0.4, -0.2) is 38.5 Å². The summed E-state index contributed by atoms with van der Waals surface area (Å²) < 4.78 is 10.8. The number of hydrogen-bond donors (Lipinski definition) is 1. The van der Waals surface area contributed by atoms with Gasteiger partial charge in [-0.2, -0.15) is 12.6 Å². The van der Waals surface area contributed by atoms with Gasteiger partial charge in [-0.15, -0.1) is 0 Å². The summed E-state index contributed by atoms with van der Waals surface area (Å²) in [5.74, 6) is 2.53. The highest BCUT2D eigenvalue weighted by molar-refractivity contribution is 7.80. The molecule has 1 aliphatic rings. The Balaban J connectivity index is 2.44. The van der Waals surface area contributed by atoms with E-state index in [1.165, 1.54) is 11.1 Å². The molecular weight excluding hydrogens is 246 g/mol. The van der Waals surface area contributed by atoms with Gasteiger partial charge in [0.15, 0.2) is 11.5 Å². The van der Waals surface area contributed by atoms with Crippen LogP contribution in [0.1, 0.15) is 23.6 Å². The van der Waals surface area contributed by atoms with Crippen molar-refractivity contribution in [2.24, 2.45) is 0 Å². The van der Waals surface area contributed by atoms with E-state index in [1.54, 1.807) is 14.2 Å². The minimum atomic E-state index is 0.436.